The Morgan fingerprint density at radius 3 is 2.73 bits per heavy atom. The molecule has 2 aliphatic carbocycles. The van der Waals surface area contributed by atoms with E-state index in [1.165, 1.54) is 13.2 Å². The van der Waals surface area contributed by atoms with Crippen molar-refractivity contribution in [3.05, 3.63) is 41.3 Å². The number of methoxy groups -OCH3 is 1. The highest BCUT2D eigenvalue weighted by Gasteiger charge is 2.49. The number of ether oxygens (including phenoxy) is 1. The van der Waals surface area contributed by atoms with E-state index in [1.807, 2.05) is 7.05 Å². The van der Waals surface area contributed by atoms with Crippen LogP contribution in [0.4, 0.5) is 14.9 Å². The Labute approximate surface area is 192 Å². The van der Waals surface area contributed by atoms with E-state index in [0.29, 0.717) is 53.1 Å². The second-order valence-electron chi connectivity index (χ2n) is 9.14. The van der Waals surface area contributed by atoms with E-state index in [4.69, 9.17) is 4.74 Å². The average Bonchev–Trinajstić information content (AvgIpc) is 3.51. The lowest BCUT2D eigenvalue weighted by molar-refractivity contribution is 0.254. The first kappa shape index (κ1) is 22.1. The van der Waals surface area contributed by atoms with Crippen molar-refractivity contribution >= 4 is 21.7 Å². The molecular weight excluding hydrogens is 447 g/mol. The van der Waals surface area contributed by atoms with Crippen LogP contribution in [0.1, 0.15) is 30.4 Å². The molecule has 1 saturated carbocycles. The lowest BCUT2D eigenvalue weighted by Gasteiger charge is -2.28. The number of sulfonamides is 1. The predicted octanol–water partition coefficient (Wildman–Crippen LogP) is 2.93. The summed E-state index contributed by atoms with van der Waals surface area (Å²) in [5.74, 6) is 0.0470. The minimum Gasteiger partial charge on any atom is -0.481 e. The molecule has 1 aromatic heterocycles. The number of piperidine rings is 1. The Hall–Kier alpha value is -2.72. The van der Waals surface area contributed by atoms with Crippen LogP contribution in [-0.4, -0.2) is 56.3 Å². The van der Waals surface area contributed by atoms with Gasteiger partial charge in [0.2, 0.25) is 15.9 Å². The number of anilines is 1. The molecule has 2 heterocycles. The topological polar surface area (TPSA) is 101 Å². The molecule has 2 fully saturated rings. The van der Waals surface area contributed by atoms with Crippen molar-refractivity contribution in [3.63, 3.8) is 0 Å². The number of nitrogens with zero attached hydrogens (tertiary/aromatic N) is 2. The molecule has 8 nitrogen and oxygen atoms in total. The van der Waals surface area contributed by atoms with Gasteiger partial charge in [-0.25, -0.2) is 27.3 Å². The van der Waals surface area contributed by atoms with Crippen molar-refractivity contribution in [1.29, 1.82) is 0 Å². The largest absolute Gasteiger partial charge is 0.481 e. The molecule has 2 amide bonds. The van der Waals surface area contributed by atoms with E-state index in [2.05, 4.69) is 19.9 Å². The number of aromatic nitrogens is 1. The number of likely N-dealkylation sites (tertiary alicyclic amines) is 1. The second kappa shape index (κ2) is 8.25. The van der Waals surface area contributed by atoms with Crippen molar-refractivity contribution in [1.82, 2.24) is 14.6 Å². The maximum absolute atomic E-state index is 14.9. The fourth-order valence-electron chi connectivity index (χ4n) is 5.64. The molecule has 5 rings (SSSR count). The zero-order chi connectivity index (χ0) is 23.3. The Bertz CT molecular complexity index is 1220. The predicted molar refractivity (Wildman–Crippen MR) is 122 cm³/mol. The molecule has 1 saturated heterocycles. The van der Waals surface area contributed by atoms with E-state index < -0.39 is 21.3 Å². The number of carbonyl (C=O) groups is 1. The molecule has 33 heavy (non-hydrogen) atoms. The molecule has 176 valence electrons. The van der Waals surface area contributed by atoms with E-state index in [0.717, 1.165) is 19.4 Å². The monoisotopic (exact) mass is 474 g/mol. The number of amides is 2. The van der Waals surface area contributed by atoms with Crippen molar-refractivity contribution < 1.29 is 22.3 Å². The van der Waals surface area contributed by atoms with Crippen LogP contribution in [0.2, 0.25) is 0 Å². The zero-order valence-electron chi connectivity index (χ0n) is 18.6. The summed E-state index contributed by atoms with van der Waals surface area (Å²) in [7, 11) is -0.352. The summed E-state index contributed by atoms with van der Waals surface area (Å²) < 4.78 is 48.2. The molecule has 1 aromatic carbocycles. The number of fused-ring (bicyclic) bond motifs is 3. The number of urea groups is 1. The number of rotatable bonds is 5. The van der Waals surface area contributed by atoms with Crippen molar-refractivity contribution in [3.8, 4) is 17.0 Å². The van der Waals surface area contributed by atoms with Gasteiger partial charge in [-0.3, -0.25) is 0 Å². The molecule has 2 bridgehead atoms. The van der Waals surface area contributed by atoms with Crippen LogP contribution in [0.3, 0.4) is 0 Å². The quantitative estimate of drug-likeness (QED) is 0.691. The van der Waals surface area contributed by atoms with E-state index in [9.17, 15) is 17.6 Å². The van der Waals surface area contributed by atoms with Gasteiger partial charge in [0.15, 0.2) is 0 Å². The summed E-state index contributed by atoms with van der Waals surface area (Å²) in [4.78, 5) is 19.2. The Morgan fingerprint density at radius 1 is 1.24 bits per heavy atom. The molecule has 3 aliphatic rings. The minimum atomic E-state index is -3.84. The lowest BCUT2D eigenvalue weighted by Crippen LogP contribution is -2.46. The first-order chi connectivity index (χ1) is 15.8. The normalized spacial score (nSPS) is 24.0. The van der Waals surface area contributed by atoms with Gasteiger partial charge >= 0.3 is 6.03 Å². The van der Waals surface area contributed by atoms with Crippen LogP contribution < -0.4 is 14.8 Å². The molecule has 1 aliphatic heterocycles. The highest BCUT2D eigenvalue weighted by atomic mass is 32.2. The van der Waals surface area contributed by atoms with Gasteiger partial charge in [-0.1, -0.05) is 0 Å². The first-order valence-electron chi connectivity index (χ1n) is 11.1. The number of halogens is 1. The molecule has 3 atom stereocenters. The number of benzene rings is 1. The van der Waals surface area contributed by atoms with Gasteiger partial charge in [-0.05, 0) is 73.9 Å². The SMILES string of the molecule is COc1cc(-c2cc(F)c3c(c2NC(=O)NS(=O)(=O)C2C[C@H]4C[C@@H]2CN4C)CCC3)ccn1. The number of hydrogen-bond donors (Lipinski definition) is 2. The zero-order valence-corrected chi connectivity index (χ0v) is 19.4. The van der Waals surface area contributed by atoms with Crippen molar-refractivity contribution in [2.45, 2.75) is 43.4 Å². The smallest absolute Gasteiger partial charge is 0.332 e. The van der Waals surface area contributed by atoms with E-state index in [1.54, 1.807) is 18.3 Å². The van der Waals surface area contributed by atoms with Gasteiger partial charge in [-0.2, -0.15) is 0 Å². The fourth-order valence-corrected chi connectivity index (χ4v) is 7.28. The van der Waals surface area contributed by atoms with Crippen LogP contribution in [0.15, 0.2) is 24.4 Å². The number of hydrogen-bond acceptors (Lipinski definition) is 6. The van der Waals surface area contributed by atoms with Crippen LogP contribution in [0.5, 0.6) is 5.88 Å². The Morgan fingerprint density at radius 2 is 2.03 bits per heavy atom. The number of pyridine rings is 1. The van der Waals surface area contributed by atoms with Gasteiger partial charge in [-0.15, -0.1) is 0 Å². The van der Waals surface area contributed by atoms with Gasteiger partial charge in [0.05, 0.1) is 18.0 Å². The molecule has 10 heteroatoms. The number of nitrogens with one attached hydrogen (secondary N) is 2. The molecule has 2 aromatic rings. The summed E-state index contributed by atoms with van der Waals surface area (Å²) in [6.07, 6.45) is 4.85. The molecule has 0 spiro atoms. The van der Waals surface area contributed by atoms with E-state index >= 15 is 0 Å². The summed E-state index contributed by atoms with van der Waals surface area (Å²) in [5, 5.41) is 2.16. The van der Waals surface area contributed by atoms with Crippen molar-refractivity contribution in [2.24, 2.45) is 5.92 Å². The summed E-state index contributed by atoms with van der Waals surface area (Å²) >= 11 is 0. The highest BCUT2D eigenvalue weighted by molar-refractivity contribution is 7.90. The third kappa shape index (κ3) is 3.95. The van der Waals surface area contributed by atoms with Crippen LogP contribution >= 0.6 is 0 Å². The highest BCUT2D eigenvalue weighted by Crippen LogP contribution is 2.41. The van der Waals surface area contributed by atoms with Gasteiger partial charge in [0.25, 0.3) is 0 Å². The van der Waals surface area contributed by atoms with Gasteiger partial charge in [0.1, 0.15) is 5.82 Å². The molecule has 1 unspecified atom stereocenters. The lowest BCUT2D eigenvalue weighted by atomic mass is 9.97. The first-order valence-corrected chi connectivity index (χ1v) is 12.7. The summed E-state index contributed by atoms with van der Waals surface area (Å²) in [6, 6.07) is 4.16. The Balaban J connectivity index is 1.44. The third-order valence-corrected chi connectivity index (χ3v) is 9.07. The second-order valence-corrected chi connectivity index (χ2v) is 11.0. The summed E-state index contributed by atoms with van der Waals surface area (Å²) in [5.41, 5.74) is 2.77. The molecular formula is C23H27FN4O4S. The van der Waals surface area contributed by atoms with Gasteiger partial charge < -0.3 is 15.0 Å². The van der Waals surface area contributed by atoms with Crippen molar-refractivity contribution in [2.75, 3.05) is 26.0 Å². The van der Waals surface area contributed by atoms with E-state index in [-0.39, 0.29) is 17.8 Å². The standard InChI is InChI=1S/C23H27FN4O4S/c1-28-12-14-8-15(28)10-20(14)33(30,31)27-23(29)26-22-17-5-3-4-16(17)19(24)11-18(22)13-6-7-25-21(9-13)32-2/h6-7,9,11,14-15,20H,3-5,8,10,12H2,1-2H3,(H2,26,27,29)/t14-,15-,20?/m1/s1. The maximum Gasteiger partial charge on any atom is 0.332 e. The van der Waals surface area contributed by atoms with Gasteiger partial charge in [0, 0.05) is 30.4 Å². The van der Waals surface area contributed by atoms with Crippen LogP contribution in [0.25, 0.3) is 11.1 Å². The summed E-state index contributed by atoms with van der Waals surface area (Å²) in [6.45, 7) is 0.720. The Kier molecular flexibility index (Phi) is 5.52. The average molecular weight is 475 g/mol. The molecule has 2 N–H and O–H groups in total. The molecule has 0 radical (unpaired) electrons. The fraction of sp³-hybridized carbons (Fsp3) is 0.478. The van der Waals surface area contributed by atoms with Crippen LogP contribution in [-0.2, 0) is 22.9 Å². The van der Waals surface area contributed by atoms with Crippen LogP contribution in [0, 0.1) is 11.7 Å². The maximum atomic E-state index is 14.9. The third-order valence-electron chi connectivity index (χ3n) is 7.23. The minimum absolute atomic E-state index is 0.0280. The number of carbonyl (C=O) groups excluding carboxylic acids is 1.